The molecule has 0 saturated heterocycles. The third-order valence-corrected chi connectivity index (χ3v) is 5.50. The molecule has 3 aromatic rings. The minimum Gasteiger partial charge on any atom is -0.495 e. The molecule has 1 N–H and O–H groups in total. The number of carbonyl (C=O) groups excluding carboxylic acids is 1. The number of fused-ring (bicyclic) bond motifs is 1. The highest BCUT2D eigenvalue weighted by molar-refractivity contribution is 7.99. The zero-order valence-corrected chi connectivity index (χ0v) is 17.7. The van der Waals surface area contributed by atoms with Gasteiger partial charge in [0.25, 0.3) is 5.56 Å². The second-order valence-corrected chi connectivity index (χ2v) is 7.70. The van der Waals surface area contributed by atoms with Gasteiger partial charge < -0.3 is 10.1 Å². The fourth-order valence-corrected chi connectivity index (χ4v) is 3.83. The van der Waals surface area contributed by atoms with Crippen molar-refractivity contribution >= 4 is 34.3 Å². The van der Waals surface area contributed by atoms with Crippen molar-refractivity contribution in [2.45, 2.75) is 38.4 Å². The van der Waals surface area contributed by atoms with Crippen LogP contribution in [0.5, 0.6) is 5.75 Å². The van der Waals surface area contributed by atoms with Crippen LogP contribution in [0.2, 0.25) is 0 Å². The number of para-hydroxylation sites is 1. The molecule has 3 rings (SSSR count). The van der Waals surface area contributed by atoms with E-state index in [2.05, 4.69) is 17.2 Å². The quantitative estimate of drug-likeness (QED) is 0.443. The van der Waals surface area contributed by atoms with Crippen molar-refractivity contribution in [3.05, 3.63) is 58.4 Å². The number of ether oxygens (including phenoxy) is 1. The molecule has 0 unspecified atom stereocenters. The molecule has 2 aromatic carbocycles. The summed E-state index contributed by atoms with van der Waals surface area (Å²) in [6.45, 7) is 4.62. The number of anilines is 1. The molecule has 29 heavy (non-hydrogen) atoms. The fraction of sp³-hybridized carbons (Fsp3) is 0.318. The lowest BCUT2D eigenvalue weighted by Crippen LogP contribution is -2.24. The third kappa shape index (κ3) is 4.98. The minimum absolute atomic E-state index is 0.0627. The van der Waals surface area contributed by atoms with Crippen molar-refractivity contribution in [3.63, 3.8) is 0 Å². The Bertz CT molecular complexity index is 1080. The topological polar surface area (TPSA) is 73.2 Å². The molecule has 7 heteroatoms. The lowest BCUT2D eigenvalue weighted by atomic mass is 10.2. The van der Waals surface area contributed by atoms with Crippen LogP contribution in [0.15, 0.2) is 52.4 Å². The number of nitrogens with zero attached hydrogens (tertiary/aromatic N) is 2. The van der Waals surface area contributed by atoms with Gasteiger partial charge in [-0.2, -0.15) is 0 Å². The monoisotopic (exact) mass is 411 g/mol. The summed E-state index contributed by atoms with van der Waals surface area (Å²) in [5.41, 5.74) is 2.24. The number of thioether (sulfide) groups is 1. The van der Waals surface area contributed by atoms with Gasteiger partial charge in [-0.15, -0.1) is 0 Å². The van der Waals surface area contributed by atoms with Gasteiger partial charge in [-0.05, 0) is 43.2 Å². The van der Waals surface area contributed by atoms with E-state index in [1.165, 1.54) is 11.8 Å². The summed E-state index contributed by atoms with van der Waals surface area (Å²) in [6, 6.07) is 12.9. The molecule has 1 amide bonds. The standard InChI is InChI=1S/C22H25N3O3S/c1-4-5-12-25-21(27)16-8-6-7-9-17(16)24-22(25)29-14-20(26)23-18-13-15(2)10-11-19(18)28-3/h6-11,13H,4-5,12,14H2,1-3H3,(H,23,26). The summed E-state index contributed by atoms with van der Waals surface area (Å²) in [6.07, 6.45) is 1.84. The van der Waals surface area contributed by atoms with Gasteiger partial charge in [-0.25, -0.2) is 4.98 Å². The summed E-state index contributed by atoms with van der Waals surface area (Å²) >= 11 is 1.27. The first kappa shape index (κ1) is 20.9. The van der Waals surface area contributed by atoms with E-state index < -0.39 is 0 Å². The molecule has 0 aliphatic rings. The van der Waals surface area contributed by atoms with Crippen LogP contribution in [-0.4, -0.2) is 28.3 Å². The van der Waals surface area contributed by atoms with E-state index in [4.69, 9.17) is 4.74 Å². The number of hydrogen-bond donors (Lipinski definition) is 1. The normalized spacial score (nSPS) is 10.9. The summed E-state index contributed by atoms with van der Waals surface area (Å²) in [7, 11) is 1.57. The molecule has 152 valence electrons. The third-order valence-electron chi connectivity index (χ3n) is 4.52. The molecule has 6 nitrogen and oxygen atoms in total. The lowest BCUT2D eigenvalue weighted by molar-refractivity contribution is -0.113. The molecule has 0 aliphatic carbocycles. The highest BCUT2D eigenvalue weighted by Crippen LogP contribution is 2.26. The van der Waals surface area contributed by atoms with Gasteiger partial charge in [-0.3, -0.25) is 14.2 Å². The van der Waals surface area contributed by atoms with Crippen LogP contribution in [0.4, 0.5) is 5.69 Å². The highest BCUT2D eigenvalue weighted by Gasteiger charge is 2.14. The molecule has 0 atom stereocenters. The molecular formula is C22H25N3O3S. The number of methoxy groups -OCH3 is 1. The summed E-state index contributed by atoms with van der Waals surface area (Å²) in [5, 5.41) is 4.05. The number of aromatic nitrogens is 2. The highest BCUT2D eigenvalue weighted by atomic mass is 32.2. The molecule has 1 aromatic heterocycles. The Labute approximate surface area is 174 Å². The second-order valence-electron chi connectivity index (χ2n) is 6.76. The first-order valence-corrected chi connectivity index (χ1v) is 10.6. The molecule has 0 radical (unpaired) electrons. The van der Waals surface area contributed by atoms with Gasteiger partial charge >= 0.3 is 0 Å². The van der Waals surface area contributed by atoms with Crippen molar-refractivity contribution < 1.29 is 9.53 Å². The number of unbranched alkanes of at least 4 members (excludes halogenated alkanes) is 1. The van der Waals surface area contributed by atoms with Crippen LogP contribution in [0.1, 0.15) is 25.3 Å². The van der Waals surface area contributed by atoms with E-state index in [1.54, 1.807) is 17.7 Å². The zero-order chi connectivity index (χ0) is 20.8. The van der Waals surface area contributed by atoms with Crippen LogP contribution in [0.3, 0.4) is 0 Å². The summed E-state index contributed by atoms with van der Waals surface area (Å²) in [5.74, 6) is 0.578. The maximum Gasteiger partial charge on any atom is 0.262 e. The maximum atomic E-state index is 12.9. The van der Waals surface area contributed by atoms with E-state index in [1.807, 2.05) is 43.3 Å². The van der Waals surface area contributed by atoms with E-state index in [-0.39, 0.29) is 17.2 Å². The lowest BCUT2D eigenvalue weighted by Gasteiger charge is -2.13. The van der Waals surface area contributed by atoms with Crippen molar-refractivity contribution in [1.82, 2.24) is 9.55 Å². The number of nitrogens with one attached hydrogen (secondary N) is 1. The molecule has 1 heterocycles. The maximum absolute atomic E-state index is 12.9. The van der Waals surface area contributed by atoms with E-state index in [9.17, 15) is 9.59 Å². The van der Waals surface area contributed by atoms with Crippen molar-refractivity contribution in [2.24, 2.45) is 0 Å². The van der Waals surface area contributed by atoms with Crippen LogP contribution in [-0.2, 0) is 11.3 Å². The van der Waals surface area contributed by atoms with Gasteiger partial charge in [0.1, 0.15) is 5.75 Å². The molecule has 0 fully saturated rings. The van der Waals surface area contributed by atoms with Crippen LogP contribution >= 0.6 is 11.8 Å². The number of hydrogen-bond acceptors (Lipinski definition) is 5. The van der Waals surface area contributed by atoms with Crippen molar-refractivity contribution in [2.75, 3.05) is 18.2 Å². The van der Waals surface area contributed by atoms with E-state index in [0.29, 0.717) is 34.0 Å². The van der Waals surface area contributed by atoms with E-state index in [0.717, 1.165) is 18.4 Å². The molecule has 0 saturated carbocycles. The number of amides is 1. The van der Waals surface area contributed by atoms with E-state index >= 15 is 0 Å². The smallest absolute Gasteiger partial charge is 0.262 e. The Kier molecular flexibility index (Phi) is 6.93. The number of aryl methyl sites for hydroxylation is 1. The minimum atomic E-state index is -0.177. The van der Waals surface area contributed by atoms with Crippen LogP contribution < -0.4 is 15.6 Å². The van der Waals surface area contributed by atoms with Gasteiger partial charge in [0.05, 0.1) is 29.5 Å². The largest absolute Gasteiger partial charge is 0.495 e. The van der Waals surface area contributed by atoms with Gasteiger partial charge in [0.2, 0.25) is 5.91 Å². The number of benzene rings is 2. The Morgan fingerprint density at radius 2 is 2.03 bits per heavy atom. The molecular weight excluding hydrogens is 386 g/mol. The first-order chi connectivity index (χ1) is 14.0. The van der Waals surface area contributed by atoms with Crippen LogP contribution in [0.25, 0.3) is 10.9 Å². The average Bonchev–Trinajstić information content (AvgIpc) is 2.72. The Hall–Kier alpha value is -2.80. The predicted octanol–water partition coefficient (Wildman–Crippen LogP) is 4.24. The fourth-order valence-electron chi connectivity index (χ4n) is 3.01. The molecule has 0 bridgehead atoms. The van der Waals surface area contributed by atoms with Gasteiger partial charge in [0, 0.05) is 6.54 Å². The van der Waals surface area contributed by atoms with Crippen molar-refractivity contribution in [1.29, 1.82) is 0 Å². The Morgan fingerprint density at radius 1 is 1.24 bits per heavy atom. The van der Waals surface area contributed by atoms with Gasteiger partial charge in [0.15, 0.2) is 5.16 Å². The molecule has 0 aliphatic heterocycles. The zero-order valence-electron chi connectivity index (χ0n) is 16.9. The first-order valence-electron chi connectivity index (χ1n) is 9.60. The number of carbonyl (C=O) groups is 1. The van der Waals surface area contributed by atoms with Gasteiger partial charge in [-0.1, -0.05) is 43.3 Å². The second kappa shape index (κ2) is 9.60. The SMILES string of the molecule is CCCCn1c(SCC(=O)Nc2cc(C)ccc2OC)nc2ccccc2c1=O. The molecule has 0 spiro atoms. The summed E-state index contributed by atoms with van der Waals surface area (Å²) in [4.78, 5) is 30.1. The summed E-state index contributed by atoms with van der Waals surface area (Å²) < 4.78 is 6.99. The predicted molar refractivity (Wildman–Crippen MR) is 118 cm³/mol. The van der Waals surface area contributed by atoms with Crippen LogP contribution in [0, 0.1) is 6.92 Å². The number of rotatable bonds is 8. The van der Waals surface area contributed by atoms with Crippen molar-refractivity contribution in [3.8, 4) is 5.75 Å². The Morgan fingerprint density at radius 3 is 2.79 bits per heavy atom. The Balaban J connectivity index is 1.81. The average molecular weight is 412 g/mol.